The molecule has 2 N–H and O–H groups in total. The van der Waals surface area contributed by atoms with Gasteiger partial charge in [-0.2, -0.15) is 0 Å². The van der Waals surface area contributed by atoms with Gasteiger partial charge in [-0.1, -0.05) is 12.1 Å². The maximum atomic E-state index is 6.22. The van der Waals surface area contributed by atoms with E-state index in [1.165, 1.54) is 0 Å². The molecule has 0 radical (unpaired) electrons. The minimum Gasteiger partial charge on any atom is -0.496 e. The number of nitrogens with two attached hydrogens (primary N) is 1. The number of nitrogens with zero attached hydrogens (tertiary/aromatic N) is 2. The molecule has 4 nitrogen and oxygen atoms in total. The second-order valence-electron chi connectivity index (χ2n) is 4.49. The van der Waals surface area contributed by atoms with Crippen molar-refractivity contribution in [3.63, 3.8) is 0 Å². The molecule has 2 aromatic rings. The molecule has 0 aliphatic rings. The Kier molecular flexibility index (Phi) is 3.67. The Morgan fingerprint density at radius 1 is 1.44 bits per heavy atom. The molecule has 0 bridgehead atoms. The van der Waals surface area contributed by atoms with Crippen molar-refractivity contribution >= 4 is 0 Å². The number of imidazole rings is 1. The van der Waals surface area contributed by atoms with Gasteiger partial charge in [-0.25, -0.2) is 4.98 Å². The normalized spacial score (nSPS) is 12.4. The molecular formula is C14H19N3O. The average Bonchev–Trinajstić information content (AvgIpc) is 2.75. The number of hydrogen-bond acceptors (Lipinski definition) is 3. The predicted octanol–water partition coefficient (Wildman–Crippen LogP) is 1.98. The van der Waals surface area contributed by atoms with Crippen molar-refractivity contribution in [2.75, 3.05) is 7.11 Å². The number of aromatic nitrogens is 2. The summed E-state index contributed by atoms with van der Waals surface area (Å²) in [6.45, 7) is 2.02. The van der Waals surface area contributed by atoms with E-state index in [1.807, 2.05) is 42.9 Å². The van der Waals surface area contributed by atoms with Crippen LogP contribution < -0.4 is 10.5 Å². The number of methoxy groups -OCH3 is 1. The second-order valence-corrected chi connectivity index (χ2v) is 4.49. The molecule has 0 aliphatic carbocycles. The van der Waals surface area contributed by atoms with E-state index in [4.69, 9.17) is 10.5 Å². The highest BCUT2D eigenvalue weighted by molar-refractivity contribution is 5.38. The number of hydrogen-bond donors (Lipinski definition) is 1. The summed E-state index contributed by atoms with van der Waals surface area (Å²) >= 11 is 0. The van der Waals surface area contributed by atoms with Crippen LogP contribution in [0.1, 0.15) is 23.0 Å². The molecular weight excluding hydrogens is 226 g/mol. The summed E-state index contributed by atoms with van der Waals surface area (Å²) in [5.74, 6) is 1.87. The van der Waals surface area contributed by atoms with Crippen LogP contribution in [-0.4, -0.2) is 16.7 Å². The number of aryl methyl sites for hydroxylation is 2. The molecule has 1 heterocycles. The maximum Gasteiger partial charge on any atom is 0.122 e. The van der Waals surface area contributed by atoms with Gasteiger partial charge >= 0.3 is 0 Å². The number of benzene rings is 1. The van der Waals surface area contributed by atoms with Crippen molar-refractivity contribution in [2.45, 2.75) is 19.4 Å². The SMILES string of the molecule is COc1cc(C(N)Cc2nccn2C)ccc1C. The lowest BCUT2D eigenvalue weighted by Gasteiger charge is -2.14. The van der Waals surface area contributed by atoms with Crippen LogP contribution in [0.15, 0.2) is 30.6 Å². The molecule has 0 spiro atoms. The molecule has 18 heavy (non-hydrogen) atoms. The summed E-state index contributed by atoms with van der Waals surface area (Å²) in [6.07, 6.45) is 4.44. The summed E-state index contributed by atoms with van der Waals surface area (Å²) in [7, 11) is 3.65. The molecule has 0 amide bonds. The van der Waals surface area contributed by atoms with Crippen molar-refractivity contribution < 1.29 is 4.74 Å². The first-order chi connectivity index (χ1) is 8.61. The van der Waals surface area contributed by atoms with E-state index < -0.39 is 0 Å². The lowest BCUT2D eigenvalue weighted by atomic mass is 10.0. The van der Waals surface area contributed by atoms with Gasteiger partial charge in [0, 0.05) is 31.9 Å². The fourth-order valence-electron chi connectivity index (χ4n) is 1.97. The van der Waals surface area contributed by atoms with E-state index in [0.29, 0.717) is 0 Å². The topological polar surface area (TPSA) is 53.1 Å². The van der Waals surface area contributed by atoms with E-state index in [2.05, 4.69) is 4.98 Å². The van der Waals surface area contributed by atoms with Crippen molar-refractivity contribution in [3.05, 3.63) is 47.5 Å². The predicted molar refractivity (Wildman–Crippen MR) is 71.6 cm³/mol. The van der Waals surface area contributed by atoms with Gasteiger partial charge in [-0.3, -0.25) is 0 Å². The van der Waals surface area contributed by atoms with Crippen LogP contribution in [0.5, 0.6) is 5.75 Å². The van der Waals surface area contributed by atoms with Crippen molar-refractivity contribution in [3.8, 4) is 5.75 Å². The minimum atomic E-state index is -0.0689. The quantitative estimate of drug-likeness (QED) is 0.896. The third-order valence-corrected chi connectivity index (χ3v) is 3.18. The Hall–Kier alpha value is -1.81. The van der Waals surface area contributed by atoms with Crippen molar-refractivity contribution in [2.24, 2.45) is 12.8 Å². The fraction of sp³-hybridized carbons (Fsp3) is 0.357. The van der Waals surface area contributed by atoms with Crippen LogP contribution in [0.3, 0.4) is 0 Å². The zero-order valence-electron chi connectivity index (χ0n) is 11.1. The van der Waals surface area contributed by atoms with Gasteiger partial charge < -0.3 is 15.0 Å². The Morgan fingerprint density at radius 2 is 2.22 bits per heavy atom. The summed E-state index contributed by atoms with van der Waals surface area (Å²) < 4.78 is 7.31. The van der Waals surface area contributed by atoms with Gasteiger partial charge in [0.05, 0.1) is 7.11 Å². The van der Waals surface area contributed by atoms with Gasteiger partial charge in [-0.05, 0) is 24.1 Å². The zero-order valence-corrected chi connectivity index (χ0v) is 11.1. The standard InChI is InChI=1S/C14H19N3O/c1-10-4-5-11(8-13(10)18-3)12(15)9-14-16-6-7-17(14)2/h4-8,12H,9,15H2,1-3H3. The summed E-state index contributed by atoms with van der Waals surface area (Å²) in [5, 5.41) is 0. The third kappa shape index (κ3) is 2.54. The summed E-state index contributed by atoms with van der Waals surface area (Å²) in [4.78, 5) is 4.29. The molecule has 4 heteroatoms. The van der Waals surface area contributed by atoms with E-state index in [0.717, 1.165) is 29.1 Å². The zero-order chi connectivity index (χ0) is 13.1. The lowest BCUT2D eigenvalue weighted by Crippen LogP contribution is -2.16. The van der Waals surface area contributed by atoms with Crippen LogP contribution in [0.4, 0.5) is 0 Å². The van der Waals surface area contributed by atoms with Crippen molar-refractivity contribution in [1.82, 2.24) is 9.55 Å². The van der Waals surface area contributed by atoms with Crippen LogP contribution in [0.25, 0.3) is 0 Å². The molecule has 1 atom stereocenters. The van der Waals surface area contributed by atoms with Crippen molar-refractivity contribution in [1.29, 1.82) is 0 Å². The van der Waals surface area contributed by atoms with Crippen LogP contribution >= 0.6 is 0 Å². The van der Waals surface area contributed by atoms with Gasteiger partial charge in [-0.15, -0.1) is 0 Å². The first kappa shape index (κ1) is 12.6. The lowest BCUT2D eigenvalue weighted by molar-refractivity contribution is 0.410. The smallest absolute Gasteiger partial charge is 0.122 e. The molecule has 2 rings (SSSR count). The summed E-state index contributed by atoms with van der Waals surface area (Å²) in [5.41, 5.74) is 8.41. The highest BCUT2D eigenvalue weighted by Crippen LogP contribution is 2.23. The van der Waals surface area contributed by atoms with Crippen LogP contribution in [0.2, 0.25) is 0 Å². The number of rotatable bonds is 4. The monoisotopic (exact) mass is 245 g/mol. The Labute approximate surface area is 107 Å². The highest BCUT2D eigenvalue weighted by Gasteiger charge is 2.11. The minimum absolute atomic E-state index is 0.0689. The molecule has 1 aromatic heterocycles. The Balaban J connectivity index is 2.18. The van der Waals surface area contributed by atoms with Gasteiger partial charge in [0.25, 0.3) is 0 Å². The molecule has 0 saturated carbocycles. The third-order valence-electron chi connectivity index (χ3n) is 3.18. The largest absolute Gasteiger partial charge is 0.496 e. The van der Waals surface area contributed by atoms with Crippen LogP contribution in [0, 0.1) is 6.92 Å². The molecule has 0 aliphatic heterocycles. The first-order valence-corrected chi connectivity index (χ1v) is 5.98. The Morgan fingerprint density at radius 3 is 2.83 bits per heavy atom. The Bertz CT molecular complexity index is 534. The van der Waals surface area contributed by atoms with E-state index in [-0.39, 0.29) is 6.04 Å². The fourth-order valence-corrected chi connectivity index (χ4v) is 1.97. The molecule has 1 aromatic carbocycles. The number of ether oxygens (including phenoxy) is 1. The summed E-state index contributed by atoms with van der Waals surface area (Å²) in [6, 6.07) is 6.02. The molecule has 96 valence electrons. The van der Waals surface area contributed by atoms with E-state index >= 15 is 0 Å². The van der Waals surface area contributed by atoms with E-state index in [9.17, 15) is 0 Å². The average molecular weight is 245 g/mol. The van der Waals surface area contributed by atoms with Gasteiger partial charge in [0.1, 0.15) is 11.6 Å². The van der Waals surface area contributed by atoms with Crippen LogP contribution in [-0.2, 0) is 13.5 Å². The maximum absolute atomic E-state index is 6.22. The molecule has 0 saturated heterocycles. The first-order valence-electron chi connectivity index (χ1n) is 5.98. The molecule has 1 unspecified atom stereocenters. The molecule has 0 fully saturated rings. The van der Waals surface area contributed by atoms with E-state index in [1.54, 1.807) is 13.3 Å². The second kappa shape index (κ2) is 5.23. The highest BCUT2D eigenvalue weighted by atomic mass is 16.5. The van der Waals surface area contributed by atoms with Gasteiger partial charge in [0.2, 0.25) is 0 Å². The van der Waals surface area contributed by atoms with Gasteiger partial charge in [0.15, 0.2) is 0 Å².